The van der Waals surface area contributed by atoms with E-state index in [1.54, 1.807) is 4.90 Å². The molecule has 1 aromatic heterocycles. The number of amides is 1. The third-order valence-electron chi connectivity index (χ3n) is 3.28. The minimum atomic E-state index is -0.190. The molecule has 1 fully saturated rings. The third-order valence-corrected chi connectivity index (χ3v) is 3.51. The molecule has 0 atom stereocenters. The van der Waals surface area contributed by atoms with Gasteiger partial charge in [-0.1, -0.05) is 17.7 Å². The molecule has 1 N–H and O–H groups in total. The van der Waals surface area contributed by atoms with Crippen molar-refractivity contribution in [2.75, 3.05) is 31.1 Å². The van der Waals surface area contributed by atoms with Crippen LogP contribution in [0.4, 0.5) is 5.69 Å². The van der Waals surface area contributed by atoms with Crippen molar-refractivity contribution in [3.05, 3.63) is 35.1 Å². The molecule has 104 valence electrons. The average Bonchev–Trinajstić information content (AvgIpc) is 3.01. The third kappa shape index (κ3) is 2.57. The Bertz CT molecular complexity index is 594. The molecule has 20 heavy (non-hydrogen) atoms. The van der Waals surface area contributed by atoms with E-state index in [2.05, 4.69) is 25.5 Å². The van der Waals surface area contributed by atoms with Crippen LogP contribution in [0.2, 0.25) is 5.02 Å². The molecule has 1 aliphatic rings. The molecule has 2 heterocycles. The number of carbonyl (C=O) groups excluding carboxylic acids is 1. The van der Waals surface area contributed by atoms with Crippen molar-refractivity contribution in [3.8, 4) is 0 Å². The normalized spacial score (nSPS) is 15.4. The smallest absolute Gasteiger partial charge is 0.295 e. The SMILES string of the molecule is O=C(c1nn[nH]n1)N1CCN(c2cccc(Cl)c2)CC1. The molecule has 3 rings (SSSR count). The van der Waals surface area contributed by atoms with Gasteiger partial charge in [-0.05, 0) is 23.4 Å². The highest BCUT2D eigenvalue weighted by Crippen LogP contribution is 2.20. The molecule has 7 nitrogen and oxygen atoms in total. The van der Waals surface area contributed by atoms with Gasteiger partial charge in [0.2, 0.25) is 0 Å². The predicted octanol–water partition coefficient (Wildman–Crippen LogP) is 0.815. The average molecular weight is 293 g/mol. The van der Waals surface area contributed by atoms with E-state index < -0.39 is 0 Å². The number of benzene rings is 1. The van der Waals surface area contributed by atoms with E-state index in [1.165, 1.54) is 0 Å². The summed E-state index contributed by atoms with van der Waals surface area (Å²) >= 11 is 5.99. The Balaban J connectivity index is 1.64. The van der Waals surface area contributed by atoms with Gasteiger partial charge in [0, 0.05) is 36.9 Å². The van der Waals surface area contributed by atoms with E-state index >= 15 is 0 Å². The standard InChI is InChI=1S/C12H13ClN6O/c13-9-2-1-3-10(8-9)18-4-6-19(7-5-18)12(20)11-14-16-17-15-11/h1-3,8H,4-7H2,(H,14,15,16,17). The molecule has 1 aromatic carbocycles. The van der Waals surface area contributed by atoms with Crippen LogP contribution in [0.3, 0.4) is 0 Å². The molecule has 0 spiro atoms. The van der Waals surface area contributed by atoms with E-state index in [9.17, 15) is 4.79 Å². The highest BCUT2D eigenvalue weighted by atomic mass is 35.5. The van der Waals surface area contributed by atoms with Crippen molar-refractivity contribution >= 4 is 23.2 Å². The van der Waals surface area contributed by atoms with Gasteiger partial charge in [0.25, 0.3) is 11.7 Å². The summed E-state index contributed by atoms with van der Waals surface area (Å²) in [6, 6.07) is 7.72. The van der Waals surface area contributed by atoms with E-state index in [0.29, 0.717) is 18.1 Å². The van der Waals surface area contributed by atoms with E-state index in [4.69, 9.17) is 11.6 Å². The molecular formula is C12H13ClN6O. The molecule has 2 aromatic rings. The van der Waals surface area contributed by atoms with Crippen LogP contribution in [-0.4, -0.2) is 57.6 Å². The maximum Gasteiger partial charge on any atom is 0.295 e. The van der Waals surface area contributed by atoms with Crippen LogP contribution in [0, 0.1) is 0 Å². The van der Waals surface area contributed by atoms with Gasteiger partial charge in [-0.2, -0.15) is 5.21 Å². The van der Waals surface area contributed by atoms with E-state index in [1.807, 2.05) is 24.3 Å². The molecule has 1 amide bonds. The van der Waals surface area contributed by atoms with Gasteiger partial charge in [-0.3, -0.25) is 4.79 Å². The number of piperazine rings is 1. The van der Waals surface area contributed by atoms with Gasteiger partial charge in [0.1, 0.15) is 0 Å². The van der Waals surface area contributed by atoms with Crippen LogP contribution in [0.1, 0.15) is 10.6 Å². The topological polar surface area (TPSA) is 78.0 Å². The summed E-state index contributed by atoms with van der Waals surface area (Å²) in [7, 11) is 0. The van der Waals surface area contributed by atoms with Crippen molar-refractivity contribution in [3.63, 3.8) is 0 Å². The zero-order valence-electron chi connectivity index (χ0n) is 10.7. The fourth-order valence-corrected chi connectivity index (χ4v) is 2.42. The Kier molecular flexibility index (Phi) is 3.51. The van der Waals surface area contributed by atoms with Crippen LogP contribution in [0.15, 0.2) is 24.3 Å². The number of tetrazole rings is 1. The second kappa shape index (κ2) is 5.46. The fraction of sp³-hybridized carbons (Fsp3) is 0.333. The largest absolute Gasteiger partial charge is 0.368 e. The lowest BCUT2D eigenvalue weighted by Gasteiger charge is -2.35. The van der Waals surface area contributed by atoms with Gasteiger partial charge in [-0.15, -0.1) is 10.2 Å². The van der Waals surface area contributed by atoms with Gasteiger partial charge in [-0.25, -0.2) is 0 Å². The van der Waals surface area contributed by atoms with Crippen LogP contribution in [0.25, 0.3) is 0 Å². The minimum Gasteiger partial charge on any atom is -0.368 e. The molecule has 0 unspecified atom stereocenters. The Morgan fingerprint density at radius 2 is 2.05 bits per heavy atom. The number of hydrogen-bond acceptors (Lipinski definition) is 5. The summed E-state index contributed by atoms with van der Waals surface area (Å²) in [4.78, 5) is 16.0. The number of aromatic amines is 1. The molecule has 0 saturated carbocycles. The van der Waals surface area contributed by atoms with Crippen molar-refractivity contribution in [1.82, 2.24) is 25.5 Å². The van der Waals surface area contributed by atoms with Gasteiger partial charge in [0.05, 0.1) is 0 Å². The van der Waals surface area contributed by atoms with Crippen molar-refractivity contribution < 1.29 is 4.79 Å². The lowest BCUT2D eigenvalue weighted by atomic mass is 10.2. The van der Waals surface area contributed by atoms with Crippen LogP contribution < -0.4 is 4.90 Å². The molecule has 0 aliphatic carbocycles. The quantitative estimate of drug-likeness (QED) is 0.886. The Hall–Kier alpha value is -2.15. The van der Waals surface area contributed by atoms with Crippen molar-refractivity contribution in [2.45, 2.75) is 0 Å². The number of aromatic nitrogens is 4. The molecule has 0 radical (unpaired) electrons. The molecule has 8 heteroatoms. The van der Waals surface area contributed by atoms with Crippen LogP contribution in [0.5, 0.6) is 0 Å². The zero-order valence-corrected chi connectivity index (χ0v) is 11.4. The Morgan fingerprint density at radius 3 is 2.70 bits per heavy atom. The fourth-order valence-electron chi connectivity index (χ4n) is 2.23. The summed E-state index contributed by atoms with van der Waals surface area (Å²) in [6.07, 6.45) is 0. The number of carbonyl (C=O) groups is 1. The van der Waals surface area contributed by atoms with Crippen LogP contribution in [-0.2, 0) is 0 Å². The summed E-state index contributed by atoms with van der Waals surface area (Å²) in [5.41, 5.74) is 1.07. The second-order valence-corrected chi connectivity index (χ2v) is 4.93. The summed E-state index contributed by atoms with van der Waals surface area (Å²) in [5.74, 6) is -0.0781. The first-order valence-electron chi connectivity index (χ1n) is 6.27. The van der Waals surface area contributed by atoms with E-state index in [0.717, 1.165) is 18.8 Å². The molecule has 1 saturated heterocycles. The number of rotatable bonds is 2. The molecule has 0 bridgehead atoms. The van der Waals surface area contributed by atoms with Gasteiger partial charge < -0.3 is 9.80 Å². The van der Waals surface area contributed by atoms with E-state index in [-0.39, 0.29) is 11.7 Å². The first-order chi connectivity index (χ1) is 9.74. The summed E-state index contributed by atoms with van der Waals surface area (Å²) in [6.45, 7) is 2.76. The second-order valence-electron chi connectivity index (χ2n) is 4.49. The lowest BCUT2D eigenvalue weighted by molar-refractivity contribution is 0.0734. The minimum absolute atomic E-state index is 0.112. The van der Waals surface area contributed by atoms with Crippen molar-refractivity contribution in [1.29, 1.82) is 0 Å². The Labute approximate surface area is 120 Å². The first-order valence-corrected chi connectivity index (χ1v) is 6.65. The lowest BCUT2D eigenvalue weighted by Crippen LogP contribution is -2.49. The predicted molar refractivity (Wildman–Crippen MR) is 73.7 cm³/mol. The number of H-pyrrole nitrogens is 1. The van der Waals surface area contributed by atoms with Gasteiger partial charge in [0.15, 0.2) is 0 Å². The zero-order chi connectivity index (χ0) is 13.9. The maximum atomic E-state index is 12.1. The van der Waals surface area contributed by atoms with Crippen molar-refractivity contribution in [2.24, 2.45) is 0 Å². The monoisotopic (exact) mass is 292 g/mol. The summed E-state index contributed by atoms with van der Waals surface area (Å²) in [5, 5.41) is 13.8. The van der Waals surface area contributed by atoms with Gasteiger partial charge >= 0.3 is 0 Å². The number of nitrogens with zero attached hydrogens (tertiary/aromatic N) is 5. The number of nitrogens with one attached hydrogen (secondary N) is 1. The highest BCUT2D eigenvalue weighted by molar-refractivity contribution is 6.30. The van der Waals surface area contributed by atoms with Crippen LogP contribution >= 0.6 is 11.6 Å². The number of halogens is 1. The number of hydrogen-bond donors (Lipinski definition) is 1. The first kappa shape index (κ1) is 12.9. The molecule has 1 aliphatic heterocycles. The Morgan fingerprint density at radius 1 is 1.25 bits per heavy atom. The highest BCUT2D eigenvalue weighted by Gasteiger charge is 2.24. The molecular weight excluding hydrogens is 280 g/mol. The number of anilines is 1. The maximum absolute atomic E-state index is 12.1. The summed E-state index contributed by atoms with van der Waals surface area (Å²) < 4.78 is 0.